The van der Waals surface area contributed by atoms with E-state index in [1.165, 1.54) is 17.7 Å². The second-order valence-corrected chi connectivity index (χ2v) is 4.42. The molecule has 4 heteroatoms. The van der Waals surface area contributed by atoms with Crippen molar-refractivity contribution in [1.29, 1.82) is 0 Å². The van der Waals surface area contributed by atoms with E-state index in [0.29, 0.717) is 11.2 Å². The van der Waals surface area contributed by atoms with E-state index in [1.807, 2.05) is 6.07 Å². The van der Waals surface area contributed by atoms with E-state index in [9.17, 15) is 0 Å². The van der Waals surface area contributed by atoms with E-state index in [4.69, 9.17) is 11.6 Å². The van der Waals surface area contributed by atoms with Gasteiger partial charge >= 0.3 is 0 Å². The minimum Gasteiger partial charge on any atom is -0.366 e. The molecule has 1 aromatic heterocycles. The lowest BCUT2D eigenvalue weighted by Gasteiger charge is -2.29. The third kappa shape index (κ3) is 1.08. The molecule has 14 heavy (non-hydrogen) atoms. The summed E-state index contributed by atoms with van der Waals surface area (Å²) < 4.78 is 0. The van der Waals surface area contributed by atoms with Gasteiger partial charge < -0.3 is 10.2 Å². The van der Waals surface area contributed by atoms with Gasteiger partial charge in [0.2, 0.25) is 0 Å². The number of hydrogen-bond donors (Lipinski definition) is 1. The number of anilines is 2. The molecule has 0 aromatic carbocycles. The highest BCUT2D eigenvalue weighted by Crippen LogP contribution is 2.37. The molecule has 1 aromatic rings. The zero-order chi connectivity index (χ0) is 9.71. The summed E-state index contributed by atoms with van der Waals surface area (Å²) >= 11 is 5.93. The Morgan fingerprint density at radius 3 is 3.36 bits per heavy atom. The third-order valence-corrected chi connectivity index (χ3v) is 3.19. The number of aryl methyl sites for hydroxylation is 1. The highest BCUT2D eigenvalue weighted by atomic mass is 35.5. The molecule has 74 valence electrons. The molecule has 0 aliphatic carbocycles. The highest BCUT2D eigenvalue weighted by Gasteiger charge is 2.31. The zero-order valence-corrected chi connectivity index (χ0v) is 8.80. The van der Waals surface area contributed by atoms with Crippen molar-refractivity contribution in [3.8, 4) is 0 Å². The van der Waals surface area contributed by atoms with Gasteiger partial charge in [0.15, 0.2) is 5.82 Å². The fraction of sp³-hybridized carbons (Fsp3) is 0.500. The molecule has 3 heterocycles. The largest absolute Gasteiger partial charge is 0.366 e. The Morgan fingerprint density at radius 1 is 1.64 bits per heavy atom. The maximum absolute atomic E-state index is 5.93. The second-order valence-electron chi connectivity index (χ2n) is 4.04. The third-order valence-electron chi connectivity index (χ3n) is 3.00. The van der Waals surface area contributed by atoms with Gasteiger partial charge in [0.1, 0.15) is 5.15 Å². The van der Waals surface area contributed by atoms with Gasteiger partial charge in [0.05, 0.1) is 5.69 Å². The van der Waals surface area contributed by atoms with Gasteiger partial charge in [0, 0.05) is 19.1 Å². The summed E-state index contributed by atoms with van der Waals surface area (Å²) in [6, 6.07) is 2.49. The molecule has 1 unspecified atom stereocenters. The van der Waals surface area contributed by atoms with E-state index in [-0.39, 0.29) is 0 Å². The summed E-state index contributed by atoms with van der Waals surface area (Å²) in [5, 5.41) is 4.01. The number of pyridine rings is 1. The quantitative estimate of drug-likeness (QED) is 0.663. The topological polar surface area (TPSA) is 28.2 Å². The monoisotopic (exact) mass is 209 g/mol. The van der Waals surface area contributed by atoms with Crippen molar-refractivity contribution < 1.29 is 0 Å². The number of nitrogens with one attached hydrogen (secondary N) is 1. The average Bonchev–Trinajstić information content (AvgIpc) is 2.46. The normalized spacial score (nSPS) is 23.3. The Bertz CT molecular complexity index is 391. The molecular formula is C10H12ClN3. The summed E-state index contributed by atoms with van der Waals surface area (Å²) in [5.41, 5.74) is 2.45. The van der Waals surface area contributed by atoms with Gasteiger partial charge in [-0.2, -0.15) is 0 Å². The lowest BCUT2D eigenvalue weighted by molar-refractivity contribution is 0.787. The Labute approximate surface area is 88.1 Å². The van der Waals surface area contributed by atoms with Crippen LogP contribution < -0.4 is 10.2 Å². The van der Waals surface area contributed by atoms with Crippen LogP contribution in [0.3, 0.4) is 0 Å². The summed E-state index contributed by atoms with van der Waals surface area (Å²) in [6.45, 7) is 4.33. The Morgan fingerprint density at radius 2 is 2.50 bits per heavy atom. The van der Waals surface area contributed by atoms with Crippen molar-refractivity contribution in [3.63, 3.8) is 0 Å². The van der Waals surface area contributed by atoms with Gasteiger partial charge in [-0.3, -0.25) is 0 Å². The van der Waals surface area contributed by atoms with Crippen LogP contribution in [-0.4, -0.2) is 24.1 Å². The molecule has 2 aliphatic heterocycles. The molecule has 1 atom stereocenters. The number of aromatic nitrogens is 1. The number of rotatable bonds is 0. The van der Waals surface area contributed by atoms with Gasteiger partial charge in [0.25, 0.3) is 0 Å². The fourth-order valence-corrected chi connectivity index (χ4v) is 2.65. The van der Waals surface area contributed by atoms with Crippen LogP contribution in [0.1, 0.15) is 12.0 Å². The summed E-state index contributed by atoms with van der Waals surface area (Å²) in [5.74, 6) is 0.962. The van der Waals surface area contributed by atoms with Gasteiger partial charge in [-0.25, -0.2) is 4.98 Å². The Kier molecular flexibility index (Phi) is 1.65. The molecule has 0 saturated carbocycles. The minimum absolute atomic E-state index is 0.563. The van der Waals surface area contributed by atoms with Crippen LogP contribution in [-0.2, 0) is 0 Å². The first-order valence-corrected chi connectivity index (χ1v) is 5.30. The van der Waals surface area contributed by atoms with Crippen LogP contribution in [0.5, 0.6) is 0 Å². The smallest absolute Gasteiger partial charge is 0.151 e. The van der Waals surface area contributed by atoms with Crippen LogP contribution in [0.4, 0.5) is 11.5 Å². The zero-order valence-electron chi connectivity index (χ0n) is 8.05. The second kappa shape index (κ2) is 2.76. The van der Waals surface area contributed by atoms with Crippen molar-refractivity contribution >= 4 is 23.1 Å². The molecule has 0 amide bonds. The summed E-state index contributed by atoms with van der Waals surface area (Å²) in [4.78, 5) is 6.73. The van der Waals surface area contributed by atoms with E-state index >= 15 is 0 Å². The SMILES string of the molecule is Cc1cc(Cl)nc2c1N1CCC(C1)N2. The van der Waals surface area contributed by atoms with Crippen LogP contribution in [0.2, 0.25) is 5.15 Å². The molecule has 1 N–H and O–H groups in total. The minimum atomic E-state index is 0.563. The maximum atomic E-state index is 5.93. The molecule has 3 rings (SSSR count). The van der Waals surface area contributed by atoms with E-state index in [2.05, 4.69) is 22.1 Å². The highest BCUT2D eigenvalue weighted by molar-refractivity contribution is 6.29. The van der Waals surface area contributed by atoms with Gasteiger partial charge in [-0.05, 0) is 25.0 Å². The number of halogens is 1. The molecule has 1 fully saturated rings. The van der Waals surface area contributed by atoms with Crippen LogP contribution in [0.25, 0.3) is 0 Å². The standard InChI is InChI=1S/C10H12ClN3/c1-6-4-8(11)13-10-9(6)14-3-2-7(5-14)12-10/h4,7H,2-3,5H2,1H3,(H,12,13). The first kappa shape index (κ1) is 8.36. The fourth-order valence-electron chi connectivity index (χ4n) is 2.40. The van der Waals surface area contributed by atoms with E-state index < -0.39 is 0 Å². The van der Waals surface area contributed by atoms with Crippen molar-refractivity contribution in [2.45, 2.75) is 19.4 Å². The predicted octanol–water partition coefficient (Wildman–Crippen LogP) is 2.05. The van der Waals surface area contributed by atoms with Gasteiger partial charge in [-0.15, -0.1) is 0 Å². The number of hydrogen-bond acceptors (Lipinski definition) is 3. The number of fused-ring (bicyclic) bond motifs is 4. The molecule has 1 saturated heterocycles. The van der Waals surface area contributed by atoms with Crippen molar-refractivity contribution in [2.75, 3.05) is 23.3 Å². The van der Waals surface area contributed by atoms with Crippen molar-refractivity contribution in [1.82, 2.24) is 4.98 Å². The number of nitrogens with zero attached hydrogens (tertiary/aromatic N) is 2. The maximum Gasteiger partial charge on any atom is 0.151 e. The van der Waals surface area contributed by atoms with Crippen LogP contribution in [0.15, 0.2) is 6.07 Å². The Balaban J connectivity index is 2.18. The van der Waals surface area contributed by atoms with E-state index in [0.717, 1.165) is 18.9 Å². The summed E-state index contributed by atoms with van der Waals surface area (Å²) in [7, 11) is 0. The van der Waals surface area contributed by atoms with Crippen LogP contribution in [0, 0.1) is 6.92 Å². The van der Waals surface area contributed by atoms with Crippen LogP contribution >= 0.6 is 11.6 Å². The van der Waals surface area contributed by atoms with E-state index in [1.54, 1.807) is 0 Å². The van der Waals surface area contributed by atoms with Crippen molar-refractivity contribution in [2.24, 2.45) is 0 Å². The molecule has 0 spiro atoms. The lowest BCUT2D eigenvalue weighted by atomic mass is 10.2. The molecule has 3 nitrogen and oxygen atoms in total. The molecular weight excluding hydrogens is 198 g/mol. The first-order chi connectivity index (χ1) is 6.74. The predicted molar refractivity (Wildman–Crippen MR) is 58.2 cm³/mol. The molecule has 0 radical (unpaired) electrons. The molecule has 2 bridgehead atoms. The lowest BCUT2D eigenvalue weighted by Crippen LogP contribution is -2.32. The first-order valence-electron chi connectivity index (χ1n) is 4.92. The Hall–Kier alpha value is -0.960. The average molecular weight is 210 g/mol. The summed E-state index contributed by atoms with van der Waals surface area (Å²) in [6.07, 6.45) is 1.20. The molecule has 2 aliphatic rings. The van der Waals surface area contributed by atoms with Gasteiger partial charge in [-0.1, -0.05) is 11.6 Å². The van der Waals surface area contributed by atoms with Crippen molar-refractivity contribution in [3.05, 3.63) is 16.8 Å².